The number of carbonyl (C=O) groups is 3. The molecule has 8 heteroatoms. The molecular formula is C32H31NO7. The first-order valence-electron chi connectivity index (χ1n) is 13.2. The summed E-state index contributed by atoms with van der Waals surface area (Å²) in [6.07, 6.45) is 4.10. The number of aromatic hydroxyl groups is 1. The van der Waals surface area contributed by atoms with Gasteiger partial charge in [-0.05, 0) is 48.6 Å². The molecule has 0 bridgehead atoms. The molecule has 0 radical (unpaired) electrons. The summed E-state index contributed by atoms with van der Waals surface area (Å²) >= 11 is 0. The third-order valence-electron chi connectivity index (χ3n) is 7.80. The Kier molecular flexibility index (Phi) is 6.87. The first kappa shape index (κ1) is 27.0. The molecule has 3 N–H and O–H groups in total. The van der Waals surface area contributed by atoms with Crippen LogP contribution >= 0.6 is 0 Å². The fourth-order valence-corrected chi connectivity index (χ4v) is 5.67. The average molecular weight is 542 g/mol. The first-order valence-corrected chi connectivity index (χ1v) is 13.2. The van der Waals surface area contributed by atoms with Crippen LogP contribution in [0.3, 0.4) is 0 Å². The van der Waals surface area contributed by atoms with Crippen LogP contribution in [-0.2, 0) is 28.0 Å². The van der Waals surface area contributed by atoms with E-state index < -0.39 is 28.6 Å². The summed E-state index contributed by atoms with van der Waals surface area (Å²) in [5, 5.41) is 26.5. The molecule has 8 nitrogen and oxygen atoms in total. The number of carbonyl (C=O) groups excluding carboxylic acids is 3. The highest BCUT2D eigenvalue weighted by molar-refractivity contribution is 6.25. The first-order chi connectivity index (χ1) is 19.1. The van der Waals surface area contributed by atoms with Crippen molar-refractivity contribution in [3.8, 4) is 17.2 Å². The number of ether oxygens (including phenoxy) is 2. The number of nitrogens with one attached hydrogen (secondary N) is 1. The van der Waals surface area contributed by atoms with Gasteiger partial charge in [-0.1, -0.05) is 49.7 Å². The molecule has 1 aliphatic carbocycles. The minimum Gasteiger partial charge on any atom is -0.507 e. The highest BCUT2D eigenvalue weighted by Crippen LogP contribution is 2.56. The maximum atomic E-state index is 13.8. The molecule has 0 saturated carbocycles. The van der Waals surface area contributed by atoms with E-state index in [1.165, 1.54) is 33.1 Å². The van der Waals surface area contributed by atoms with Crippen molar-refractivity contribution in [1.82, 2.24) is 5.32 Å². The number of hydrogen-bond donors (Lipinski definition) is 3. The topological polar surface area (TPSA) is 122 Å². The molecule has 5 rings (SSSR count). The standard InChI is InChI=1S/C32H31NO7/c1-5-6-9-19-13-12-18-10-7-8-11-20(18)21(19)16-33-31(38)27-24(39-4)14-23(36)28-29(27)40-25-15-22(35)26(17(2)34)30(37)32(25,28)3/h7-8,10-15,35-36H,5-6,9,16H2,1-4H3,(H,33,38)/t32-/m1/s1. The van der Waals surface area contributed by atoms with Gasteiger partial charge in [-0.25, -0.2) is 0 Å². The van der Waals surface area contributed by atoms with Crippen molar-refractivity contribution in [2.24, 2.45) is 0 Å². The highest BCUT2D eigenvalue weighted by Gasteiger charge is 2.55. The molecular weight excluding hydrogens is 510 g/mol. The molecule has 1 heterocycles. The van der Waals surface area contributed by atoms with E-state index in [4.69, 9.17) is 9.47 Å². The number of methoxy groups -OCH3 is 1. The lowest BCUT2D eigenvalue weighted by Gasteiger charge is -2.27. The van der Waals surface area contributed by atoms with Gasteiger partial charge in [0.15, 0.2) is 17.3 Å². The van der Waals surface area contributed by atoms with E-state index in [0.717, 1.165) is 41.2 Å². The lowest BCUT2D eigenvalue weighted by Crippen LogP contribution is -2.38. The van der Waals surface area contributed by atoms with Crippen LogP contribution in [0.4, 0.5) is 0 Å². The zero-order chi connectivity index (χ0) is 28.8. The molecule has 0 aromatic heterocycles. The number of hydrogen-bond acceptors (Lipinski definition) is 7. The van der Waals surface area contributed by atoms with Gasteiger partial charge in [-0.3, -0.25) is 14.4 Å². The summed E-state index contributed by atoms with van der Waals surface area (Å²) < 4.78 is 11.4. The number of phenolic OH excluding ortho intramolecular Hbond substituents is 1. The van der Waals surface area contributed by atoms with E-state index in [9.17, 15) is 24.6 Å². The lowest BCUT2D eigenvalue weighted by atomic mass is 9.71. The van der Waals surface area contributed by atoms with E-state index in [1.54, 1.807) is 0 Å². The predicted octanol–water partition coefficient (Wildman–Crippen LogP) is 5.34. The number of unbranched alkanes of at least 4 members (excludes halogenated alkanes) is 1. The van der Waals surface area contributed by atoms with E-state index in [0.29, 0.717) is 0 Å². The van der Waals surface area contributed by atoms with Crippen LogP contribution in [0.15, 0.2) is 65.6 Å². The van der Waals surface area contributed by atoms with Crippen molar-refractivity contribution in [3.63, 3.8) is 0 Å². The Morgan fingerprint density at radius 3 is 2.58 bits per heavy atom. The van der Waals surface area contributed by atoms with E-state index in [1.807, 2.05) is 24.3 Å². The number of rotatable bonds is 8. The number of phenols is 1. The third-order valence-corrected chi connectivity index (χ3v) is 7.80. The van der Waals surface area contributed by atoms with Crippen LogP contribution in [0, 0.1) is 0 Å². The SMILES string of the molecule is CCCCc1ccc2ccccc2c1CNC(=O)c1c(OC)cc(O)c2c1OC1=CC(O)=C(C(C)=O)C(=O)[C@]12C. The van der Waals surface area contributed by atoms with Gasteiger partial charge in [0.05, 0.1) is 12.7 Å². The zero-order valence-corrected chi connectivity index (χ0v) is 22.9. The smallest absolute Gasteiger partial charge is 0.259 e. The Hall–Kier alpha value is -4.59. The number of fused-ring (bicyclic) bond motifs is 4. The molecule has 206 valence electrons. The normalized spacial score (nSPS) is 17.7. The molecule has 2 aliphatic rings. The molecule has 0 spiro atoms. The van der Waals surface area contributed by atoms with Crippen molar-refractivity contribution >= 4 is 28.2 Å². The van der Waals surface area contributed by atoms with Crippen LogP contribution < -0.4 is 14.8 Å². The number of aliphatic hydroxyl groups is 1. The predicted molar refractivity (Wildman–Crippen MR) is 150 cm³/mol. The summed E-state index contributed by atoms with van der Waals surface area (Å²) in [5.41, 5.74) is 0.186. The van der Waals surface area contributed by atoms with Gasteiger partial charge in [0.1, 0.15) is 39.6 Å². The molecule has 40 heavy (non-hydrogen) atoms. The Morgan fingerprint density at radius 1 is 1.12 bits per heavy atom. The number of amides is 1. The summed E-state index contributed by atoms with van der Waals surface area (Å²) in [6.45, 7) is 5.03. The molecule has 0 unspecified atom stereocenters. The van der Waals surface area contributed by atoms with Gasteiger partial charge < -0.3 is 25.0 Å². The second-order valence-corrected chi connectivity index (χ2v) is 10.3. The number of aliphatic hydroxyl groups excluding tert-OH is 1. The third kappa shape index (κ3) is 4.11. The van der Waals surface area contributed by atoms with Gasteiger partial charge >= 0.3 is 0 Å². The minimum atomic E-state index is -1.61. The van der Waals surface area contributed by atoms with Crippen molar-refractivity contribution < 1.29 is 34.1 Å². The molecule has 1 amide bonds. The van der Waals surface area contributed by atoms with Crippen LogP contribution in [0.25, 0.3) is 10.8 Å². The molecule has 1 aliphatic heterocycles. The monoisotopic (exact) mass is 541 g/mol. The van der Waals surface area contributed by atoms with Crippen molar-refractivity contribution in [3.05, 3.63) is 87.9 Å². The maximum absolute atomic E-state index is 13.8. The van der Waals surface area contributed by atoms with Gasteiger partial charge in [0, 0.05) is 18.7 Å². The number of aryl methyl sites for hydroxylation is 1. The fourth-order valence-electron chi connectivity index (χ4n) is 5.67. The van der Waals surface area contributed by atoms with Crippen molar-refractivity contribution in [1.29, 1.82) is 0 Å². The van der Waals surface area contributed by atoms with E-state index in [-0.39, 0.29) is 46.3 Å². The lowest BCUT2D eigenvalue weighted by molar-refractivity contribution is -0.123. The van der Waals surface area contributed by atoms with Gasteiger partial charge in [-0.2, -0.15) is 0 Å². The summed E-state index contributed by atoms with van der Waals surface area (Å²) in [5.74, 6) is -2.72. The second-order valence-electron chi connectivity index (χ2n) is 10.3. The molecule has 0 fully saturated rings. The second kappa shape index (κ2) is 10.2. The van der Waals surface area contributed by atoms with Crippen molar-refractivity contribution in [2.75, 3.05) is 7.11 Å². The quantitative estimate of drug-likeness (QED) is 0.329. The Morgan fingerprint density at radius 2 is 1.88 bits per heavy atom. The minimum absolute atomic E-state index is 0.00108. The van der Waals surface area contributed by atoms with Crippen LogP contribution in [-0.4, -0.2) is 34.8 Å². The maximum Gasteiger partial charge on any atom is 0.259 e. The Bertz CT molecular complexity index is 1650. The number of ketones is 2. The van der Waals surface area contributed by atoms with Crippen LogP contribution in [0.5, 0.6) is 17.2 Å². The average Bonchev–Trinajstić information content (AvgIpc) is 3.23. The Labute approximate surface area is 231 Å². The zero-order valence-electron chi connectivity index (χ0n) is 22.9. The number of benzene rings is 3. The van der Waals surface area contributed by atoms with Crippen LogP contribution in [0.1, 0.15) is 60.7 Å². The summed E-state index contributed by atoms with van der Waals surface area (Å²) in [4.78, 5) is 39.4. The summed E-state index contributed by atoms with van der Waals surface area (Å²) in [7, 11) is 1.36. The number of Topliss-reactive ketones (excluding diaryl/α,β-unsaturated/α-hetero) is 2. The molecule has 3 aromatic rings. The van der Waals surface area contributed by atoms with Gasteiger partial charge in [0.2, 0.25) is 0 Å². The Balaban J connectivity index is 1.57. The molecule has 1 atom stereocenters. The van der Waals surface area contributed by atoms with E-state index >= 15 is 0 Å². The van der Waals surface area contributed by atoms with Gasteiger partial charge in [0.25, 0.3) is 5.91 Å². The van der Waals surface area contributed by atoms with E-state index in [2.05, 4.69) is 24.4 Å². The van der Waals surface area contributed by atoms with Gasteiger partial charge in [-0.15, -0.1) is 0 Å². The highest BCUT2D eigenvalue weighted by atomic mass is 16.5. The largest absolute Gasteiger partial charge is 0.507 e. The molecule has 3 aromatic carbocycles. The van der Waals surface area contributed by atoms with Crippen molar-refractivity contribution in [2.45, 2.75) is 52.0 Å². The number of allylic oxidation sites excluding steroid dienone is 3. The van der Waals surface area contributed by atoms with Crippen LogP contribution in [0.2, 0.25) is 0 Å². The summed E-state index contributed by atoms with van der Waals surface area (Å²) in [6, 6.07) is 13.4. The fraction of sp³-hybridized carbons (Fsp3) is 0.281. The molecule has 0 saturated heterocycles.